The minimum absolute atomic E-state index is 0.537. The van der Waals surface area contributed by atoms with Gasteiger partial charge < -0.3 is 5.73 Å². The van der Waals surface area contributed by atoms with Crippen LogP contribution in [-0.2, 0) is 6.42 Å². The molecule has 0 radical (unpaired) electrons. The highest BCUT2D eigenvalue weighted by molar-refractivity contribution is 5.24. The molecule has 2 nitrogen and oxygen atoms in total. The van der Waals surface area contributed by atoms with Gasteiger partial charge in [-0.15, -0.1) is 0 Å². The number of nitrogens with two attached hydrogens (primary N) is 1. The van der Waals surface area contributed by atoms with Crippen molar-refractivity contribution in [3.05, 3.63) is 35.4 Å². The Kier molecular flexibility index (Phi) is 4.79. The van der Waals surface area contributed by atoms with Gasteiger partial charge in [0.2, 0.25) is 0 Å². The Morgan fingerprint density at radius 3 is 2.33 bits per heavy atom. The summed E-state index contributed by atoms with van der Waals surface area (Å²) in [5, 5.41) is 0. The quantitative estimate of drug-likeness (QED) is 0.885. The largest absolute Gasteiger partial charge is 0.330 e. The SMILES string of the molecule is CCc1ccc(C(C)N2CCC(CN)CC2)cc1. The molecular formula is C16H26N2. The highest BCUT2D eigenvalue weighted by Gasteiger charge is 2.22. The van der Waals surface area contributed by atoms with Crippen LogP contribution in [0.2, 0.25) is 0 Å². The number of aryl methyl sites for hydroxylation is 1. The average Bonchev–Trinajstić information content (AvgIpc) is 2.47. The molecule has 1 aliphatic rings. The Labute approximate surface area is 111 Å². The van der Waals surface area contributed by atoms with Gasteiger partial charge >= 0.3 is 0 Å². The Morgan fingerprint density at radius 2 is 1.83 bits per heavy atom. The average molecular weight is 246 g/mol. The zero-order valence-corrected chi connectivity index (χ0v) is 11.7. The molecule has 2 heteroatoms. The van der Waals surface area contributed by atoms with E-state index in [-0.39, 0.29) is 0 Å². The van der Waals surface area contributed by atoms with Gasteiger partial charge in [0.1, 0.15) is 0 Å². The summed E-state index contributed by atoms with van der Waals surface area (Å²) in [5.41, 5.74) is 8.62. The fraction of sp³-hybridized carbons (Fsp3) is 0.625. The minimum atomic E-state index is 0.537. The Morgan fingerprint density at radius 1 is 1.22 bits per heavy atom. The maximum absolute atomic E-state index is 5.75. The molecule has 0 amide bonds. The summed E-state index contributed by atoms with van der Waals surface area (Å²) in [7, 11) is 0. The summed E-state index contributed by atoms with van der Waals surface area (Å²) >= 11 is 0. The number of hydrogen-bond donors (Lipinski definition) is 1. The molecule has 2 N–H and O–H groups in total. The van der Waals surface area contributed by atoms with Crippen molar-refractivity contribution in [2.45, 2.75) is 39.2 Å². The normalized spacial score (nSPS) is 19.9. The van der Waals surface area contributed by atoms with Crippen molar-refractivity contribution in [2.75, 3.05) is 19.6 Å². The number of hydrogen-bond acceptors (Lipinski definition) is 2. The van der Waals surface area contributed by atoms with Gasteiger partial charge in [-0.05, 0) is 62.9 Å². The number of piperidine rings is 1. The van der Waals surface area contributed by atoms with Crippen LogP contribution >= 0.6 is 0 Å². The molecule has 1 unspecified atom stereocenters. The molecule has 1 saturated heterocycles. The van der Waals surface area contributed by atoms with Crippen LogP contribution in [0.3, 0.4) is 0 Å². The summed E-state index contributed by atoms with van der Waals surface area (Å²) in [4.78, 5) is 2.59. The third kappa shape index (κ3) is 3.12. The van der Waals surface area contributed by atoms with Crippen LogP contribution in [-0.4, -0.2) is 24.5 Å². The lowest BCUT2D eigenvalue weighted by molar-refractivity contribution is 0.143. The summed E-state index contributed by atoms with van der Waals surface area (Å²) in [6.07, 6.45) is 3.64. The lowest BCUT2D eigenvalue weighted by Crippen LogP contribution is -2.37. The van der Waals surface area contributed by atoms with E-state index in [9.17, 15) is 0 Å². The van der Waals surface area contributed by atoms with Crippen molar-refractivity contribution in [2.24, 2.45) is 11.7 Å². The van der Waals surface area contributed by atoms with Gasteiger partial charge in [-0.25, -0.2) is 0 Å². The minimum Gasteiger partial charge on any atom is -0.330 e. The monoisotopic (exact) mass is 246 g/mol. The van der Waals surface area contributed by atoms with Crippen LogP contribution in [0.5, 0.6) is 0 Å². The Bertz CT molecular complexity index is 350. The molecule has 0 aromatic heterocycles. The highest BCUT2D eigenvalue weighted by Crippen LogP contribution is 2.26. The third-order valence-electron chi connectivity index (χ3n) is 4.40. The molecule has 1 fully saturated rings. The first kappa shape index (κ1) is 13.6. The summed E-state index contributed by atoms with van der Waals surface area (Å²) in [6, 6.07) is 9.64. The first-order valence-electron chi connectivity index (χ1n) is 7.27. The maximum atomic E-state index is 5.75. The van der Waals surface area contributed by atoms with Crippen molar-refractivity contribution in [3.8, 4) is 0 Å². The number of likely N-dealkylation sites (tertiary alicyclic amines) is 1. The lowest BCUT2D eigenvalue weighted by Gasteiger charge is -2.36. The van der Waals surface area contributed by atoms with E-state index in [1.54, 1.807) is 0 Å². The smallest absolute Gasteiger partial charge is 0.0319 e. The molecule has 1 aromatic rings. The molecule has 100 valence electrons. The molecule has 1 heterocycles. The van der Waals surface area contributed by atoms with E-state index in [0.29, 0.717) is 6.04 Å². The molecule has 0 bridgehead atoms. The molecule has 18 heavy (non-hydrogen) atoms. The second-order valence-corrected chi connectivity index (χ2v) is 5.49. The maximum Gasteiger partial charge on any atom is 0.0319 e. The van der Waals surface area contributed by atoms with Gasteiger partial charge in [0, 0.05) is 6.04 Å². The summed E-state index contributed by atoms with van der Waals surface area (Å²) < 4.78 is 0. The first-order valence-corrected chi connectivity index (χ1v) is 7.27. The van der Waals surface area contributed by atoms with Crippen LogP contribution in [0.25, 0.3) is 0 Å². The second kappa shape index (κ2) is 6.35. The van der Waals surface area contributed by atoms with Crippen molar-refractivity contribution in [3.63, 3.8) is 0 Å². The fourth-order valence-corrected chi connectivity index (χ4v) is 2.82. The van der Waals surface area contributed by atoms with Crippen molar-refractivity contribution in [1.29, 1.82) is 0 Å². The van der Waals surface area contributed by atoms with Crippen molar-refractivity contribution < 1.29 is 0 Å². The van der Waals surface area contributed by atoms with Crippen LogP contribution < -0.4 is 5.73 Å². The predicted octanol–water partition coefficient (Wildman–Crippen LogP) is 2.98. The van der Waals surface area contributed by atoms with Gasteiger partial charge in [-0.1, -0.05) is 31.2 Å². The van der Waals surface area contributed by atoms with Crippen molar-refractivity contribution in [1.82, 2.24) is 4.90 Å². The topological polar surface area (TPSA) is 29.3 Å². The van der Waals surface area contributed by atoms with Gasteiger partial charge in [0.15, 0.2) is 0 Å². The molecule has 0 saturated carbocycles. The third-order valence-corrected chi connectivity index (χ3v) is 4.40. The Balaban J connectivity index is 1.96. The van der Waals surface area contributed by atoms with Gasteiger partial charge in [0.05, 0.1) is 0 Å². The van der Waals surface area contributed by atoms with Crippen LogP contribution in [0.4, 0.5) is 0 Å². The van der Waals surface area contributed by atoms with E-state index >= 15 is 0 Å². The molecule has 0 spiro atoms. The van der Waals surface area contributed by atoms with Gasteiger partial charge in [-0.2, -0.15) is 0 Å². The van der Waals surface area contributed by atoms with E-state index in [1.807, 2.05) is 0 Å². The molecule has 2 rings (SSSR count). The highest BCUT2D eigenvalue weighted by atomic mass is 15.2. The number of rotatable bonds is 4. The van der Waals surface area contributed by atoms with E-state index in [4.69, 9.17) is 5.73 Å². The predicted molar refractivity (Wildman–Crippen MR) is 77.6 cm³/mol. The van der Waals surface area contributed by atoms with E-state index in [2.05, 4.69) is 43.0 Å². The fourth-order valence-electron chi connectivity index (χ4n) is 2.82. The summed E-state index contributed by atoms with van der Waals surface area (Å²) in [6.45, 7) is 7.77. The van der Waals surface area contributed by atoms with Crippen LogP contribution in [0, 0.1) is 5.92 Å². The molecule has 0 aliphatic carbocycles. The van der Waals surface area contributed by atoms with Gasteiger partial charge in [-0.3, -0.25) is 4.90 Å². The zero-order valence-electron chi connectivity index (χ0n) is 11.7. The van der Waals surface area contributed by atoms with Crippen molar-refractivity contribution >= 4 is 0 Å². The number of nitrogens with zero attached hydrogens (tertiary/aromatic N) is 1. The lowest BCUT2D eigenvalue weighted by atomic mass is 9.94. The first-order chi connectivity index (χ1) is 8.74. The van der Waals surface area contributed by atoms with E-state index in [0.717, 1.165) is 18.9 Å². The van der Waals surface area contributed by atoms with Crippen LogP contribution in [0.1, 0.15) is 43.9 Å². The molecule has 1 aliphatic heterocycles. The molecule has 1 aromatic carbocycles. The zero-order chi connectivity index (χ0) is 13.0. The van der Waals surface area contributed by atoms with Crippen LogP contribution in [0.15, 0.2) is 24.3 Å². The summed E-state index contributed by atoms with van der Waals surface area (Å²) in [5.74, 6) is 0.746. The second-order valence-electron chi connectivity index (χ2n) is 5.49. The van der Waals surface area contributed by atoms with E-state index in [1.165, 1.54) is 37.1 Å². The molecular weight excluding hydrogens is 220 g/mol. The molecule has 1 atom stereocenters. The Hall–Kier alpha value is -0.860. The van der Waals surface area contributed by atoms with Gasteiger partial charge in [0.25, 0.3) is 0 Å². The van der Waals surface area contributed by atoms with E-state index < -0.39 is 0 Å². The number of benzene rings is 1. The standard InChI is InChI=1S/C16H26N2/c1-3-14-4-6-16(7-5-14)13(2)18-10-8-15(12-17)9-11-18/h4-7,13,15H,3,8-12,17H2,1-2H3.